The summed E-state index contributed by atoms with van der Waals surface area (Å²) < 4.78 is 10.6. The van der Waals surface area contributed by atoms with Crippen LogP contribution in [0.4, 0.5) is 5.69 Å². The first-order chi connectivity index (χ1) is 11.7. The first-order valence-electron chi connectivity index (χ1n) is 7.83. The molecule has 0 N–H and O–H groups in total. The minimum Gasteiger partial charge on any atom is -0.454 e. The van der Waals surface area contributed by atoms with E-state index in [0.717, 1.165) is 23.4 Å². The molecule has 2 aromatic rings. The SMILES string of the molecule is CCC(S)N(C(=O)/C=C/c1ccc2c(c1)OCO2)c1ccccc1. The molecule has 1 unspecified atom stereocenters. The van der Waals surface area contributed by atoms with Crippen LogP contribution in [0.25, 0.3) is 6.08 Å². The summed E-state index contributed by atoms with van der Waals surface area (Å²) in [5.74, 6) is 1.32. The van der Waals surface area contributed by atoms with Gasteiger partial charge in [0.15, 0.2) is 11.5 Å². The third kappa shape index (κ3) is 3.57. The summed E-state index contributed by atoms with van der Waals surface area (Å²) >= 11 is 4.54. The molecule has 1 amide bonds. The average Bonchev–Trinajstić information content (AvgIpc) is 3.08. The zero-order valence-electron chi connectivity index (χ0n) is 13.4. The number of fused-ring (bicyclic) bond motifs is 1. The van der Waals surface area contributed by atoms with Gasteiger partial charge in [0.1, 0.15) is 0 Å². The maximum absolute atomic E-state index is 12.7. The first-order valence-corrected chi connectivity index (χ1v) is 8.34. The number of ether oxygens (including phenoxy) is 2. The number of thiol groups is 1. The number of rotatable bonds is 5. The molecule has 124 valence electrons. The molecule has 0 saturated carbocycles. The molecular weight excluding hydrogens is 322 g/mol. The second kappa shape index (κ2) is 7.45. The fourth-order valence-corrected chi connectivity index (χ4v) is 2.73. The van der Waals surface area contributed by atoms with Gasteiger partial charge >= 0.3 is 0 Å². The smallest absolute Gasteiger partial charge is 0.251 e. The minimum atomic E-state index is -0.179. The largest absolute Gasteiger partial charge is 0.454 e. The predicted molar refractivity (Wildman–Crippen MR) is 98.6 cm³/mol. The van der Waals surface area contributed by atoms with Gasteiger partial charge in [-0.2, -0.15) is 12.6 Å². The average molecular weight is 341 g/mol. The lowest BCUT2D eigenvalue weighted by Crippen LogP contribution is -2.35. The Labute approximate surface area is 147 Å². The molecule has 2 aromatic carbocycles. The highest BCUT2D eigenvalue weighted by molar-refractivity contribution is 7.81. The third-order valence-corrected chi connectivity index (χ3v) is 4.35. The minimum absolute atomic E-state index is 0.110. The topological polar surface area (TPSA) is 38.8 Å². The molecular formula is C19H19NO3S. The number of anilines is 1. The van der Waals surface area contributed by atoms with Crippen molar-refractivity contribution in [3.63, 3.8) is 0 Å². The van der Waals surface area contributed by atoms with E-state index < -0.39 is 0 Å². The highest BCUT2D eigenvalue weighted by atomic mass is 32.1. The van der Waals surface area contributed by atoms with Crippen LogP contribution in [0, 0.1) is 0 Å². The highest BCUT2D eigenvalue weighted by Crippen LogP contribution is 2.32. The lowest BCUT2D eigenvalue weighted by molar-refractivity contribution is -0.114. The van der Waals surface area contributed by atoms with Crippen LogP contribution in [-0.2, 0) is 4.79 Å². The number of benzene rings is 2. The van der Waals surface area contributed by atoms with E-state index in [1.165, 1.54) is 0 Å². The van der Waals surface area contributed by atoms with Crippen LogP contribution < -0.4 is 14.4 Å². The molecule has 5 heteroatoms. The molecule has 0 bridgehead atoms. The lowest BCUT2D eigenvalue weighted by atomic mass is 10.2. The number of nitrogens with zero attached hydrogens (tertiary/aromatic N) is 1. The summed E-state index contributed by atoms with van der Waals surface area (Å²) in [4.78, 5) is 14.4. The Morgan fingerprint density at radius 1 is 1.21 bits per heavy atom. The van der Waals surface area contributed by atoms with Crippen molar-refractivity contribution in [1.82, 2.24) is 0 Å². The number of hydrogen-bond acceptors (Lipinski definition) is 4. The number of carbonyl (C=O) groups is 1. The van der Waals surface area contributed by atoms with E-state index >= 15 is 0 Å². The molecule has 24 heavy (non-hydrogen) atoms. The van der Waals surface area contributed by atoms with Crippen LogP contribution in [0.15, 0.2) is 54.6 Å². The van der Waals surface area contributed by atoms with Crippen molar-refractivity contribution in [2.75, 3.05) is 11.7 Å². The van der Waals surface area contributed by atoms with Gasteiger partial charge in [-0.3, -0.25) is 9.69 Å². The van der Waals surface area contributed by atoms with Crippen molar-refractivity contribution in [3.8, 4) is 11.5 Å². The second-order valence-corrected chi connectivity index (χ2v) is 5.97. The van der Waals surface area contributed by atoms with Crippen molar-refractivity contribution in [2.24, 2.45) is 0 Å². The molecule has 0 spiro atoms. The molecule has 0 radical (unpaired) electrons. The zero-order chi connectivity index (χ0) is 16.9. The maximum Gasteiger partial charge on any atom is 0.251 e. The Balaban J connectivity index is 1.80. The lowest BCUT2D eigenvalue weighted by Gasteiger charge is -2.26. The first kappa shape index (κ1) is 16.5. The van der Waals surface area contributed by atoms with Crippen LogP contribution in [0.5, 0.6) is 11.5 Å². The van der Waals surface area contributed by atoms with Crippen LogP contribution in [0.2, 0.25) is 0 Å². The Morgan fingerprint density at radius 2 is 1.96 bits per heavy atom. The summed E-state index contributed by atoms with van der Waals surface area (Å²) in [6.07, 6.45) is 4.08. The Kier molecular flexibility index (Phi) is 5.11. The third-order valence-electron chi connectivity index (χ3n) is 3.75. The summed E-state index contributed by atoms with van der Waals surface area (Å²) in [5, 5.41) is -0.179. The van der Waals surface area contributed by atoms with E-state index in [0.29, 0.717) is 5.75 Å². The second-order valence-electron chi connectivity index (χ2n) is 5.38. The van der Waals surface area contributed by atoms with Crippen LogP contribution in [0.3, 0.4) is 0 Å². The number of hydrogen-bond donors (Lipinski definition) is 1. The molecule has 0 saturated heterocycles. The van der Waals surface area contributed by atoms with E-state index in [4.69, 9.17) is 9.47 Å². The summed E-state index contributed by atoms with van der Waals surface area (Å²) in [5.41, 5.74) is 1.72. The quantitative estimate of drug-likeness (QED) is 0.505. The van der Waals surface area contributed by atoms with Crippen molar-refractivity contribution in [2.45, 2.75) is 18.7 Å². The number of carbonyl (C=O) groups excluding carboxylic acids is 1. The molecule has 1 atom stereocenters. The zero-order valence-corrected chi connectivity index (χ0v) is 14.3. The van der Waals surface area contributed by atoms with Gasteiger partial charge in [-0.15, -0.1) is 0 Å². The van der Waals surface area contributed by atoms with Crippen LogP contribution >= 0.6 is 12.6 Å². The number of para-hydroxylation sites is 1. The molecule has 4 nitrogen and oxygen atoms in total. The standard InChI is InChI=1S/C19H19NO3S/c1-2-19(24)20(15-6-4-3-5-7-15)18(21)11-9-14-8-10-16-17(12-14)23-13-22-16/h3-12,19,24H,2,13H2,1H3/b11-9+. The molecule has 0 aliphatic carbocycles. The van der Waals surface area contributed by atoms with Gasteiger partial charge in [-0.05, 0) is 42.3 Å². The van der Waals surface area contributed by atoms with Gasteiger partial charge in [-0.25, -0.2) is 0 Å². The Morgan fingerprint density at radius 3 is 2.71 bits per heavy atom. The highest BCUT2D eigenvalue weighted by Gasteiger charge is 2.19. The van der Waals surface area contributed by atoms with Gasteiger partial charge in [-0.1, -0.05) is 31.2 Å². The monoisotopic (exact) mass is 341 g/mol. The van der Waals surface area contributed by atoms with Gasteiger partial charge in [0.2, 0.25) is 6.79 Å². The summed E-state index contributed by atoms with van der Waals surface area (Å²) in [7, 11) is 0. The predicted octanol–water partition coefficient (Wildman–Crippen LogP) is 4.13. The van der Waals surface area contributed by atoms with Crippen molar-refractivity contribution in [3.05, 3.63) is 60.2 Å². The molecule has 1 aliphatic rings. The van der Waals surface area contributed by atoms with E-state index in [9.17, 15) is 4.79 Å². The van der Waals surface area contributed by atoms with Crippen molar-refractivity contribution < 1.29 is 14.3 Å². The maximum atomic E-state index is 12.7. The molecule has 0 fully saturated rings. The normalized spacial score (nSPS) is 13.9. The summed E-state index contributed by atoms with van der Waals surface area (Å²) in [6, 6.07) is 15.2. The molecule has 3 rings (SSSR count). The molecule has 1 heterocycles. The Hall–Kier alpha value is -2.40. The summed E-state index contributed by atoms with van der Waals surface area (Å²) in [6.45, 7) is 2.24. The van der Waals surface area contributed by atoms with Crippen molar-refractivity contribution in [1.29, 1.82) is 0 Å². The fraction of sp³-hybridized carbons (Fsp3) is 0.211. The van der Waals surface area contributed by atoms with E-state index in [1.807, 2.05) is 55.5 Å². The fourth-order valence-electron chi connectivity index (χ4n) is 2.48. The number of amides is 1. The van der Waals surface area contributed by atoms with Gasteiger partial charge in [0.05, 0.1) is 5.37 Å². The van der Waals surface area contributed by atoms with Gasteiger partial charge < -0.3 is 9.47 Å². The van der Waals surface area contributed by atoms with Crippen LogP contribution in [-0.4, -0.2) is 18.1 Å². The van der Waals surface area contributed by atoms with E-state index in [1.54, 1.807) is 17.1 Å². The van der Waals surface area contributed by atoms with E-state index in [-0.39, 0.29) is 18.1 Å². The van der Waals surface area contributed by atoms with E-state index in [2.05, 4.69) is 12.6 Å². The Bertz CT molecular complexity index is 746. The molecule has 0 aromatic heterocycles. The van der Waals surface area contributed by atoms with Crippen LogP contribution in [0.1, 0.15) is 18.9 Å². The molecule has 1 aliphatic heterocycles. The van der Waals surface area contributed by atoms with Gasteiger partial charge in [0.25, 0.3) is 5.91 Å². The van der Waals surface area contributed by atoms with Crippen molar-refractivity contribution >= 4 is 30.3 Å². The van der Waals surface area contributed by atoms with Gasteiger partial charge in [0, 0.05) is 11.8 Å².